The number of anilines is 1. The van der Waals surface area contributed by atoms with Crippen LogP contribution in [0.3, 0.4) is 0 Å². The molecule has 0 aliphatic heterocycles. The van der Waals surface area contributed by atoms with Crippen LogP contribution in [0.1, 0.15) is 27.6 Å². The van der Waals surface area contributed by atoms with Crippen molar-refractivity contribution in [2.24, 2.45) is 0 Å². The first-order valence-corrected chi connectivity index (χ1v) is 13.8. The van der Waals surface area contributed by atoms with Crippen LogP contribution in [-0.2, 0) is 16.4 Å². The first-order chi connectivity index (χ1) is 18.1. The molecule has 4 aromatic rings. The summed E-state index contributed by atoms with van der Waals surface area (Å²) < 4.78 is 34.4. The number of aryl methyl sites for hydroxylation is 2. The van der Waals surface area contributed by atoms with E-state index in [1.165, 1.54) is 42.5 Å². The second-order valence-electron chi connectivity index (χ2n) is 8.37. The van der Waals surface area contributed by atoms with Crippen molar-refractivity contribution in [3.05, 3.63) is 106 Å². The Morgan fingerprint density at radius 3 is 2.29 bits per heavy atom. The average molecular weight is 571 g/mol. The van der Waals surface area contributed by atoms with Gasteiger partial charge in [0.2, 0.25) is 0 Å². The number of para-hydroxylation sites is 1. The van der Waals surface area contributed by atoms with E-state index in [1.54, 1.807) is 24.3 Å². The summed E-state index contributed by atoms with van der Waals surface area (Å²) in [5, 5.41) is 3.50. The number of halogens is 2. The number of amides is 1. The highest BCUT2D eigenvalue weighted by Crippen LogP contribution is 2.30. The van der Waals surface area contributed by atoms with Crippen molar-refractivity contribution in [3.8, 4) is 11.5 Å². The highest BCUT2D eigenvalue weighted by molar-refractivity contribution is 7.92. The van der Waals surface area contributed by atoms with Crippen LogP contribution >= 0.6 is 23.2 Å². The van der Waals surface area contributed by atoms with Gasteiger partial charge >= 0.3 is 0 Å². The van der Waals surface area contributed by atoms with Gasteiger partial charge in [-0.15, -0.1) is 0 Å². The molecule has 1 aromatic heterocycles. The van der Waals surface area contributed by atoms with Gasteiger partial charge in [0.15, 0.2) is 0 Å². The molecule has 1 heterocycles. The summed E-state index contributed by atoms with van der Waals surface area (Å²) in [5.41, 5.74) is 1.86. The van der Waals surface area contributed by atoms with Crippen LogP contribution in [0.5, 0.6) is 11.5 Å². The average Bonchev–Trinajstić information content (AvgIpc) is 2.86. The number of carbonyl (C=O) groups excluding carboxylic acids is 1. The number of rotatable bonds is 9. The molecule has 0 fully saturated rings. The maximum atomic E-state index is 13.1. The fourth-order valence-electron chi connectivity index (χ4n) is 3.63. The van der Waals surface area contributed by atoms with Crippen LogP contribution in [0.15, 0.2) is 77.7 Å². The first kappa shape index (κ1) is 27.4. The second-order valence-corrected chi connectivity index (χ2v) is 10.9. The Morgan fingerprint density at radius 2 is 1.61 bits per heavy atom. The molecule has 0 unspecified atom stereocenters. The molecular weight excluding hydrogens is 547 g/mol. The molecular formula is C27H24Cl2N4O4S. The first-order valence-electron chi connectivity index (χ1n) is 11.5. The third kappa shape index (κ3) is 7.00. The molecule has 196 valence electrons. The Labute approximate surface area is 231 Å². The maximum Gasteiger partial charge on any atom is 0.261 e. The quantitative estimate of drug-likeness (QED) is 0.256. The molecule has 0 aliphatic rings. The monoisotopic (exact) mass is 570 g/mol. The molecule has 0 bridgehead atoms. The van der Waals surface area contributed by atoms with E-state index < -0.39 is 15.9 Å². The Hall–Kier alpha value is -3.66. The third-order valence-corrected chi connectivity index (χ3v) is 7.26. The lowest BCUT2D eigenvalue weighted by molar-refractivity contribution is 0.0955. The molecule has 11 heteroatoms. The molecule has 0 aliphatic carbocycles. The van der Waals surface area contributed by atoms with Gasteiger partial charge in [-0.2, -0.15) is 0 Å². The topological polar surface area (TPSA) is 110 Å². The van der Waals surface area contributed by atoms with Crippen LogP contribution < -0.4 is 14.8 Å². The van der Waals surface area contributed by atoms with Crippen LogP contribution in [0.25, 0.3) is 0 Å². The fraction of sp³-hybridized carbons (Fsp3) is 0.148. The number of hydrogen-bond donors (Lipinski definition) is 2. The summed E-state index contributed by atoms with van der Waals surface area (Å²) in [4.78, 5) is 21.6. The minimum atomic E-state index is -4.03. The van der Waals surface area contributed by atoms with Gasteiger partial charge in [0.25, 0.3) is 15.9 Å². The molecule has 0 spiro atoms. The summed E-state index contributed by atoms with van der Waals surface area (Å²) >= 11 is 12.2. The van der Waals surface area contributed by atoms with E-state index in [0.29, 0.717) is 28.8 Å². The van der Waals surface area contributed by atoms with Crippen molar-refractivity contribution in [1.82, 2.24) is 15.3 Å². The van der Waals surface area contributed by atoms with Gasteiger partial charge in [-0.3, -0.25) is 9.52 Å². The molecule has 0 saturated carbocycles. The lowest BCUT2D eigenvalue weighted by Crippen LogP contribution is -2.27. The van der Waals surface area contributed by atoms with Crippen molar-refractivity contribution >= 4 is 44.8 Å². The molecule has 8 nitrogen and oxygen atoms in total. The van der Waals surface area contributed by atoms with E-state index in [1.807, 2.05) is 19.9 Å². The molecule has 2 N–H and O–H groups in total. The van der Waals surface area contributed by atoms with E-state index >= 15 is 0 Å². The van der Waals surface area contributed by atoms with Crippen molar-refractivity contribution in [2.75, 3.05) is 11.3 Å². The minimum Gasteiger partial charge on any atom is -0.456 e. The maximum absolute atomic E-state index is 13.1. The van der Waals surface area contributed by atoms with Gasteiger partial charge in [0.1, 0.15) is 17.3 Å². The Morgan fingerprint density at radius 1 is 0.921 bits per heavy atom. The van der Waals surface area contributed by atoms with E-state index in [-0.39, 0.29) is 27.7 Å². The number of sulfonamides is 1. The molecule has 4 rings (SSSR count). The predicted octanol–water partition coefficient (Wildman–Crippen LogP) is 5.97. The van der Waals surface area contributed by atoms with Gasteiger partial charge in [0, 0.05) is 29.4 Å². The number of nitrogens with zero attached hydrogens (tertiary/aromatic N) is 2. The highest BCUT2D eigenvalue weighted by atomic mass is 35.5. The number of nitrogens with one attached hydrogen (secondary N) is 2. The van der Waals surface area contributed by atoms with Gasteiger partial charge in [-0.1, -0.05) is 35.3 Å². The highest BCUT2D eigenvalue weighted by Gasteiger charge is 2.20. The van der Waals surface area contributed by atoms with Crippen molar-refractivity contribution < 1.29 is 17.9 Å². The number of ether oxygens (including phenoxy) is 1. The Bertz CT molecular complexity index is 1560. The number of carbonyl (C=O) groups is 1. The molecule has 0 atom stereocenters. The smallest absolute Gasteiger partial charge is 0.261 e. The number of benzene rings is 3. The summed E-state index contributed by atoms with van der Waals surface area (Å²) in [6.07, 6.45) is 0.415. The van der Waals surface area contributed by atoms with E-state index in [4.69, 9.17) is 27.9 Å². The van der Waals surface area contributed by atoms with Crippen LogP contribution in [0, 0.1) is 13.8 Å². The normalized spacial score (nSPS) is 11.2. The van der Waals surface area contributed by atoms with Crippen molar-refractivity contribution in [3.63, 3.8) is 0 Å². The van der Waals surface area contributed by atoms with Crippen LogP contribution in [0.2, 0.25) is 10.0 Å². The zero-order valence-electron chi connectivity index (χ0n) is 20.5. The second kappa shape index (κ2) is 11.8. The zero-order valence-corrected chi connectivity index (χ0v) is 22.9. The molecule has 0 saturated heterocycles. The van der Waals surface area contributed by atoms with E-state index in [2.05, 4.69) is 20.0 Å². The lowest BCUT2D eigenvalue weighted by atomic mass is 10.1. The number of hydrogen-bond acceptors (Lipinski definition) is 6. The van der Waals surface area contributed by atoms with Gasteiger partial charge < -0.3 is 10.1 Å². The van der Waals surface area contributed by atoms with Crippen LogP contribution in [0.4, 0.5) is 5.69 Å². The third-order valence-electron chi connectivity index (χ3n) is 5.33. The summed E-state index contributed by atoms with van der Waals surface area (Å²) in [5.74, 6) is 0.982. The largest absolute Gasteiger partial charge is 0.456 e. The fourth-order valence-corrected chi connectivity index (χ4v) is 5.06. The van der Waals surface area contributed by atoms with E-state index in [9.17, 15) is 13.2 Å². The van der Waals surface area contributed by atoms with E-state index in [0.717, 1.165) is 11.4 Å². The SMILES string of the molecule is Cc1cc(C)nc(CCNC(=O)c2cc(Cl)ccc2NS(=O)(=O)c2ccc(Oc3ccccc3Cl)cc2)n1. The lowest BCUT2D eigenvalue weighted by Gasteiger charge is -2.14. The van der Waals surface area contributed by atoms with Crippen molar-refractivity contribution in [2.45, 2.75) is 25.2 Å². The van der Waals surface area contributed by atoms with Crippen molar-refractivity contribution in [1.29, 1.82) is 0 Å². The molecule has 1 amide bonds. The summed E-state index contributed by atoms with van der Waals surface area (Å²) in [6, 6.07) is 19.0. The number of aromatic nitrogens is 2. The van der Waals surface area contributed by atoms with Gasteiger partial charge in [-0.05, 0) is 74.5 Å². The van der Waals surface area contributed by atoms with Gasteiger partial charge in [-0.25, -0.2) is 18.4 Å². The Balaban J connectivity index is 1.46. The van der Waals surface area contributed by atoms with Crippen LogP contribution in [-0.4, -0.2) is 30.8 Å². The Kier molecular flexibility index (Phi) is 8.51. The molecule has 0 radical (unpaired) electrons. The molecule has 3 aromatic carbocycles. The molecule has 38 heavy (non-hydrogen) atoms. The standard InChI is InChI=1S/C27H24Cl2N4O4S/c1-17-15-18(2)32-26(31-17)13-14-30-27(34)22-16-19(28)7-12-24(22)33-38(35,36)21-10-8-20(9-11-21)37-25-6-4-3-5-23(25)29/h3-12,15-16,33H,13-14H2,1-2H3,(H,30,34). The minimum absolute atomic E-state index is 0.0164. The zero-order chi connectivity index (χ0) is 27.3. The van der Waals surface area contributed by atoms with Gasteiger partial charge in [0.05, 0.1) is 21.2 Å². The summed E-state index contributed by atoms with van der Waals surface area (Å²) in [7, 11) is -4.03. The summed E-state index contributed by atoms with van der Waals surface area (Å²) in [6.45, 7) is 4.01. The predicted molar refractivity (Wildman–Crippen MR) is 148 cm³/mol.